The van der Waals surface area contributed by atoms with Gasteiger partial charge in [-0.2, -0.15) is 0 Å². The Bertz CT molecular complexity index is 721. The third-order valence-corrected chi connectivity index (χ3v) is 3.30. The highest BCUT2D eigenvalue weighted by Gasteiger charge is 2.04. The van der Waals surface area contributed by atoms with Crippen LogP contribution in [0.4, 0.5) is 4.39 Å². The molecule has 2 aromatic rings. The minimum absolute atomic E-state index is 0. The van der Waals surface area contributed by atoms with Crippen molar-refractivity contribution in [1.82, 2.24) is 10.6 Å². The van der Waals surface area contributed by atoms with E-state index in [9.17, 15) is 9.18 Å². The number of aliphatic imine (C=N–C) groups is 1. The molecule has 0 fully saturated rings. The number of benzene rings is 2. The number of nitrogens with two attached hydrogens (primary N) is 1. The molecule has 0 aliphatic carbocycles. The fraction of sp³-hybridized carbons (Fsp3) is 0.176. The van der Waals surface area contributed by atoms with Gasteiger partial charge < -0.3 is 16.4 Å². The zero-order valence-corrected chi connectivity index (χ0v) is 15.6. The maximum atomic E-state index is 13.6. The first-order chi connectivity index (χ1) is 11.1. The van der Waals surface area contributed by atoms with Gasteiger partial charge in [0, 0.05) is 31.3 Å². The molecule has 0 saturated heterocycles. The molecule has 5 nitrogen and oxygen atoms in total. The summed E-state index contributed by atoms with van der Waals surface area (Å²) in [7, 11) is 1.64. The first-order valence-corrected chi connectivity index (χ1v) is 7.17. The average Bonchev–Trinajstić information content (AvgIpc) is 2.56. The molecule has 24 heavy (non-hydrogen) atoms. The van der Waals surface area contributed by atoms with Crippen LogP contribution in [0.15, 0.2) is 53.5 Å². The summed E-state index contributed by atoms with van der Waals surface area (Å²) < 4.78 is 13.6. The van der Waals surface area contributed by atoms with Crippen LogP contribution in [0.2, 0.25) is 0 Å². The Morgan fingerprint density at radius 2 is 1.83 bits per heavy atom. The van der Waals surface area contributed by atoms with Gasteiger partial charge in [0.25, 0.3) is 0 Å². The first-order valence-electron chi connectivity index (χ1n) is 7.17. The summed E-state index contributed by atoms with van der Waals surface area (Å²) in [5.41, 5.74) is 7.18. The van der Waals surface area contributed by atoms with E-state index in [-0.39, 0.29) is 29.8 Å². The highest BCUT2D eigenvalue weighted by molar-refractivity contribution is 14.0. The van der Waals surface area contributed by atoms with Crippen LogP contribution in [-0.2, 0) is 13.1 Å². The molecule has 4 N–H and O–H groups in total. The summed E-state index contributed by atoms with van der Waals surface area (Å²) in [6.45, 7) is 0.797. The summed E-state index contributed by atoms with van der Waals surface area (Å²) in [6.07, 6.45) is 0. The number of nitrogens with one attached hydrogen (secondary N) is 2. The van der Waals surface area contributed by atoms with E-state index in [2.05, 4.69) is 15.6 Å². The van der Waals surface area contributed by atoms with Gasteiger partial charge in [-0.25, -0.2) is 4.39 Å². The van der Waals surface area contributed by atoms with Crippen molar-refractivity contribution in [3.63, 3.8) is 0 Å². The molecule has 2 aromatic carbocycles. The quantitative estimate of drug-likeness (QED) is 0.378. The van der Waals surface area contributed by atoms with E-state index in [4.69, 9.17) is 5.73 Å². The topological polar surface area (TPSA) is 79.5 Å². The normalized spacial score (nSPS) is 10.7. The van der Waals surface area contributed by atoms with E-state index in [0.717, 1.165) is 5.56 Å². The number of primary amides is 1. The van der Waals surface area contributed by atoms with Crippen molar-refractivity contribution in [1.29, 1.82) is 0 Å². The van der Waals surface area contributed by atoms with Crippen molar-refractivity contribution in [3.05, 3.63) is 71.0 Å². The van der Waals surface area contributed by atoms with Crippen LogP contribution in [0.25, 0.3) is 0 Å². The monoisotopic (exact) mass is 442 g/mol. The number of hydrogen-bond acceptors (Lipinski definition) is 2. The van der Waals surface area contributed by atoms with Crippen LogP contribution < -0.4 is 16.4 Å². The van der Waals surface area contributed by atoms with E-state index in [1.54, 1.807) is 43.4 Å². The van der Waals surface area contributed by atoms with Gasteiger partial charge in [-0.05, 0) is 23.8 Å². The SMILES string of the molecule is CN=C(NCc1cccc(C(N)=O)c1)NCc1ccccc1F.I. The fourth-order valence-corrected chi connectivity index (χ4v) is 2.06. The lowest BCUT2D eigenvalue weighted by atomic mass is 10.1. The summed E-state index contributed by atoms with van der Waals surface area (Å²) in [5.74, 6) is -0.184. The lowest BCUT2D eigenvalue weighted by Crippen LogP contribution is -2.36. The molecule has 0 bridgehead atoms. The number of nitrogens with zero attached hydrogens (tertiary/aromatic N) is 1. The van der Waals surface area contributed by atoms with Crippen LogP contribution in [0.1, 0.15) is 21.5 Å². The molecule has 0 spiro atoms. The molecule has 0 saturated carbocycles. The van der Waals surface area contributed by atoms with Crippen molar-refractivity contribution in [2.24, 2.45) is 10.7 Å². The minimum Gasteiger partial charge on any atom is -0.366 e. The van der Waals surface area contributed by atoms with Crippen LogP contribution in [-0.4, -0.2) is 18.9 Å². The zero-order chi connectivity index (χ0) is 16.7. The van der Waals surface area contributed by atoms with Crippen molar-refractivity contribution >= 4 is 35.8 Å². The molecule has 128 valence electrons. The van der Waals surface area contributed by atoms with Crippen molar-refractivity contribution in [2.75, 3.05) is 7.05 Å². The number of carbonyl (C=O) groups excluding carboxylic acids is 1. The Morgan fingerprint density at radius 1 is 1.12 bits per heavy atom. The third kappa shape index (κ3) is 5.80. The van der Waals surface area contributed by atoms with Gasteiger partial charge in [0.1, 0.15) is 5.82 Å². The van der Waals surface area contributed by atoms with E-state index < -0.39 is 5.91 Å². The van der Waals surface area contributed by atoms with Gasteiger partial charge >= 0.3 is 0 Å². The van der Waals surface area contributed by atoms with Crippen LogP contribution in [0.3, 0.4) is 0 Å². The summed E-state index contributed by atoms with van der Waals surface area (Å²) in [4.78, 5) is 15.3. The number of carbonyl (C=O) groups is 1. The molecule has 2 rings (SSSR count). The van der Waals surface area contributed by atoms with Crippen molar-refractivity contribution in [2.45, 2.75) is 13.1 Å². The lowest BCUT2D eigenvalue weighted by Gasteiger charge is -2.12. The second-order valence-electron chi connectivity index (χ2n) is 4.94. The summed E-state index contributed by atoms with van der Waals surface area (Å²) >= 11 is 0. The van der Waals surface area contributed by atoms with Gasteiger partial charge in [0.05, 0.1) is 0 Å². The smallest absolute Gasteiger partial charge is 0.248 e. The van der Waals surface area contributed by atoms with Gasteiger partial charge in [0.15, 0.2) is 5.96 Å². The predicted molar refractivity (Wildman–Crippen MR) is 104 cm³/mol. The standard InChI is InChI=1S/C17H19FN4O.HI/c1-20-17(22-11-14-6-2-3-8-15(14)18)21-10-12-5-4-7-13(9-12)16(19)23;/h2-9H,10-11H2,1H3,(H2,19,23)(H2,20,21,22);1H. The molecule has 1 amide bonds. The highest BCUT2D eigenvalue weighted by atomic mass is 127. The fourth-order valence-electron chi connectivity index (χ4n) is 2.06. The Kier molecular flexibility index (Phi) is 8.17. The van der Waals surface area contributed by atoms with Crippen molar-refractivity contribution < 1.29 is 9.18 Å². The van der Waals surface area contributed by atoms with E-state index in [1.807, 2.05) is 6.07 Å². The molecule has 0 aromatic heterocycles. The van der Waals surface area contributed by atoms with E-state index in [1.165, 1.54) is 6.07 Å². The molecule has 0 aliphatic heterocycles. The first kappa shape index (κ1) is 19.9. The number of halogens is 2. The maximum absolute atomic E-state index is 13.6. The Balaban J connectivity index is 0.00000288. The molecule has 0 unspecified atom stereocenters. The Morgan fingerprint density at radius 3 is 2.50 bits per heavy atom. The van der Waals surface area contributed by atoms with Gasteiger partial charge in [-0.15, -0.1) is 24.0 Å². The van der Waals surface area contributed by atoms with E-state index in [0.29, 0.717) is 30.2 Å². The number of hydrogen-bond donors (Lipinski definition) is 3. The number of rotatable bonds is 5. The van der Waals surface area contributed by atoms with Crippen molar-refractivity contribution in [3.8, 4) is 0 Å². The van der Waals surface area contributed by atoms with E-state index >= 15 is 0 Å². The van der Waals surface area contributed by atoms with Gasteiger partial charge in [-0.3, -0.25) is 9.79 Å². The van der Waals surface area contributed by atoms with Gasteiger partial charge in [0.2, 0.25) is 5.91 Å². The largest absolute Gasteiger partial charge is 0.366 e. The molecular formula is C17H20FIN4O. The third-order valence-electron chi connectivity index (χ3n) is 3.30. The van der Waals surface area contributed by atoms with Gasteiger partial charge in [-0.1, -0.05) is 30.3 Å². The number of amides is 1. The molecular weight excluding hydrogens is 422 g/mol. The Hall–Kier alpha value is -2.16. The predicted octanol–water partition coefficient (Wildman–Crippen LogP) is 2.41. The molecule has 0 atom stereocenters. The molecule has 0 aliphatic rings. The molecule has 0 radical (unpaired) electrons. The maximum Gasteiger partial charge on any atom is 0.248 e. The second-order valence-corrected chi connectivity index (χ2v) is 4.94. The van der Waals surface area contributed by atoms with Crippen LogP contribution in [0.5, 0.6) is 0 Å². The zero-order valence-electron chi connectivity index (χ0n) is 13.3. The highest BCUT2D eigenvalue weighted by Crippen LogP contribution is 2.06. The second kappa shape index (κ2) is 9.86. The van der Waals surface area contributed by atoms with Crippen LogP contribution >= 0.6 is 24.0 Å². The summed E-state index contributed by atoms with van der Waals surface area (Å²) in [6, 6.07) is 13.6. The lowest BCUT2D eigenvalue weighted by molar-refractivity contribution is 0.1000. The molecule has 7 heteroatoms. The minimum atomic E-state index is -0.464. The average molecular weight is 442 g/mol. The number of guanidine groups is 1. The molecule has 0 heterocycles. The van der Waals surface area contributed by atoms with Crippen LogP contribution in [0, 0.1) is 5.82 Å². The summed E-state index contributed by atoms with van der Waals surface area (Å²) in [5, 5.41) is 6.15. The Labute approximate surface area is 157 Å².